The van der Waals surface area contributed by atoms with Crippen molar-refractivity contribution in [3.63, 3.8) is 0 Å². The number of piperazine rings is 1. The molecule has 0 aliphatic carbocycles. The summed E-state index contributed by atoms with van der Waals surface area (Å²) < 4.78 is 6.35. The molecule has 0 spiro atoms. The third-order valence-corrected chi connectivity index (χ3v) is 3.99. The minimum absolute atomic E-state index is 0.242. The lowest BCUT2D eigenvalue weighted by Gasteiger charge is -2.43. The first-order valence-corrected chi connectivity index (χ1v) is 7.40. The smallest absolute Gasteiger partial charge is 0.237 e. The quantitative estimate of drug-likeness (QED) is 0.835. The number of aromatic nitrogens is 1. The summed E-state index contributed by atoms with van der Waals surface area (Å²) in [6.07, 6.45) is 1.77. The average Bonchev–Trinajstić information content (AvgIpc) is 2.38. The van der Waals surface area contributed by atoms with E-state index < -0.39 is 0 Å². The topological polar surface area (TPSA) is 28.6 Å². The lowest BCUT2D eigenvalue weighted by molar-refractivity contribution is 0.128. The van der Waals surface area contributed by atoms with Gasteiger partial charge in [0.05, 0.1) is 7.11 Å². The van der Waals surface area contributed by atoms with E-state index in [0.29, 0.717) is 5.88 Å². The molecule has 4 nitrogen and oxygen atoms in total. The van der Waals surface area contributed by atoms with Crippen LogP contribution in [0.4, 0.5) is 5.69 Å². The summed E-state index contributed by atoms with van der Waals surface area (Å²) in [6, 6.07) is 2.08. The van der Waals surface area contributed by atoms with Crippen LogP contribution in [0.15, 0.2) is 16.7 Å². The van der Waals surface area contributed by atoms with Gasteiger partial charge in [-0.25, -0.2) is 4.98 Å². The van der Waals surface area contributed by atoms with Gasteiger partial charge in [0.25, 0.3) is 0 Å². The van der Waals surface area contributed by atoms with Gasteiger partial charge >= 0.3 is 0 Å². The molecule has 106 valence electrons. The molecule has 0 aromatic carbocycles. The molecule has 5 heteroatoms. The minimum Gasteiger partial charge on any atom is -0.480 e. The Kier molecular flexibility index (Phi) is 4.36. The number of methoxy groups -OCH3 is 1. The number of pyridine rings is 1. The first-order valence-electron chi connectivity index (χ1n) is 6.61. The molecule has 19 heavy (non-hydrogen) atoms. The third kappa shape index (κ3) is 3.39. The maximum Gasteiger partial charge on any atom is 0.237 e. The molecule has 1 saturated heterocycles. The van der Waals surface area contributed by atoms with Crippen molar-refractivity contribution >= 4 is 21.6 Å². The van der Waals surface area contributed by atoms with E-state index >= 15 is 0 Å². The van der Waals surface area contributed by atoms with Crippen molar-refractivity contribution in [2.75, 3.05) is 38.2 Å². The van der Waals surface area contributed by atoms with Gasteiger partial charge in [0.2, 0.25) is 5.88 Å². The predicted molar refractivity (Wildman–Crippen MR) is 82.0 cm³/mol. The molecule has 0 amide bonds. The second kappa shape index (κ2) is 5.67. The molecule has 2 rings (SSSR count). The molecule has 1 aromatic rings. The van der Waals surface area contributed by atoms with Gasteiger partial charge in [-0.05, 0) is 42.8 Å². The van der Waals surface area contributed by atoms with Crippen LogP contribution in [0.1, 0.15) is 20.8 Å². The van der Waals surface area contributed by atoms with Crippen molar-refractivity contribution in [1.29, 1.82) is 0 Å². The molecule has 0 saturated carbocycles. The van der Waals surface area contributed by atoms with Crippen molar-refractivity contribution in [1.82, 2.24) is 9.88 Å². The van der Waals surface area contributed by atoms with Gasteiger partial charge in [-0.2, -0.15) is 0 Å². The van der Waals surface area contributed by atoms with Gasteiger partial charge in [-0.3, -0.25) is 4.90 Å². The summed E-state index contributed by atoms with van der Waals surface area (Å²) >= 11 is 3.48. The number of anilines is 1. The Labute approximate surface area is 123 Å². The van der Waals surface area contributed by atoms with Crippen molar-refractivity contribution < 1.29 is 4.74 Å². The standard InChI is InChI=1S/C14H22BrN3O/c1-14(2,3)18-7-5-17(6-8-18)12-9-11(15)10-16-13(12)19-4/h9-10H,5-8H2,1-4H3. The monoisotopic (exact) mass is 327 g/mol. The number of rotatable bonds is 2. The van der Waals surface area contributed by atoms with E-state index in [1.807, 2.05) is 0 Å². The van der Waals surface area contributed by atoms with Crippen LogP contribution in [0.25, 0.3) is 0 Å². The fraction of sp³-hybridized carbons (Fsp3) is 0.643. The molecule has 0 radical (unpaired) electrons. The van der Waals surface area contributed by atoms with Gasteiger partial charge in [-0.15, -0.1) is 0 Å². The van der Waals surface area contributed by atoms with Crippen LogP contribution in [0, 0.1) is 0 Å². The summed E-state index contributed by atoms with van der Waals surface area (Å²) in [4.78, 5) is 9.18. The largest absolute Gasteiger partial charge is 0.480 e. The Morgan fingerprint density at radius 2 is 1.84 bits per heavy atom. The third-order valence-electron chi connectivity index (χ3n) is 3.56. The Morgan fingerprint density at radius 3 is 2.37 bits per heavy atom. The molecule has 1 aliphatic heterocycles. The van der Waals surface area contributed by atoms with Crippen LogP contribution >= 0.6 is 15.9 Å². The van der Waals surface area contributed by atoms with Crippen LogP contribution in [0.2, 0.25) is 0 Å². The SMILES string of the molecule is COc1ncc(Br)cc1N1CCN(C(C)(C)C)CC1. The summed E-state index contributed by atoms with van der Waals surface area (Å²) in [7, 11) is 1.67. The summed E-state index contributed by atoms with van der Waals surface area (Å²) in [5, 5.41) is 0. The van der Waals surface area contributed by atoms with Crippen LogP contribution in [-0.2, 0) is 0 Å². The van der Waals surface area contributed by atoms with Crippen LogP contribution in [0.3, 0.4) is 0 Å². The molecule has 0 bridgehead atoms. The Morgan fingerprint density at radius 1 is 1.21 bits per heavy atom. The van der Waals surface area contributed by atoms with Crippen molar-refractivity contribution in [2.45, 2.75) is 26.3 Å². The summed E-state index contributed by atoms with van der Waals surface area (Å²) in [5.74, 6) is 0.701. The lowest BCUT2D eigenvalue weighted by Crippen LogP contribution is -2.53. The summed E-state index contributed by atoms with van der Waals surface area (Å²) in [5.41, 5.74) is 1.32. The Hall–Kier alpha value is -0.810. The fourth-order valence-electron chi connectivity index (χ4n) is 2.42. The van der Waals surface area contributed by atoms with E-state index in [1.165, 1.54) is 0 Å². The molecule has 2 heterocycles. The zero-order valence-corrected chi connectivity index (χ0v) is 13.7. The van der Waals surface area contributed by atoms with Gasteiger partial charge in [0.1, 0.15) is 5.69 Å². The minimum atomic E-state index is 0.242. The number of nitrogens with zero attached hydrogens (tertiary/aromatic N) is 3. The van der Waals surface area contributed by atoms with Crippen LogP contribution in [-0.4, -0.2) is 48.7 Å². The Balaban J connectivity index is 2.11. The molecule has 1 fully saturated rings. The highest BCUT2D eigenvalue weighted by atomic mass is 79.9. The highest BCUT2D eigenvalue weighted by molar-refractivity contribution is 9.10. The van der Waals surface area contributed by atoms with E-state index in [1.54, 1.807) is 13.3 Å². The van der Waals surface area contributed by atoms with Gasteiger partial charge in [0.15, 0.2) is 0 Å². The second-order valence-corrected chi connectivity index (χ2v) is 6.74. The number of hydrogen-bond donors (Lipinski definition) is 0. The molecule has 0 N–H and O–H groups in total. The number of halogens is 1. The predicted octanol–water partition coefficient (Wildman–Crippen LogP) is 2.77. The normalized spacial score (nSPS) is 17.6. The number of ether oxygens (including phenoxy) is 1. The fourth-order valence-corrected chi connectivity index (χ4v) is 2.74. The van der Waals surface area contributed by atoms with E-state index in [9.17, 15) is 0 Å². The molecular formula is C14H22BrN3O. The second-order valence-electron chi connectivity index (χ2n) is 5.83. The molecular weight excluding hydrogens is 306 g/mol. The maximum absolute atomic E-state index is 5.36. The number of hydrogen-bond acceptors (Lipinski definition) is 4. The Bertz CT molecular complexity index is 437. The zero-order chi connectivity index (χ0) is 14.0. The summed E-state index contributed by atoms with van der Waals surface area (Å²) in [6.45, 7) is 11.0. The van der Waals surface area contributed by atoms with Crippen molar-refractivity contribution in [3.8, 4) is 5.88 Å². The average molecular weight is 328 g/mol. The van der Waals surface area contributed by atoms with Crippen LogP contribution in [0.5, 0.6) is 5.88 Å². The van der Waals surface area contributed by atoms with Crippen LogP contribution < -0.4 is 9.64 Å². The van der Waals surface area contributed by atoms with Crippen molar-refractivity contribution in [2.24, 2.45) is 0 Å². The molecule has 1 aromatic heterocycles. The first-order chi connectivity index (χ1) is 8.91. The molecule has 1 aliphatic rings. The maximum atomic E-state index is 5.36. The van der Waals surface area contributed by atoms with E-state index in [4.69, 9.17) is 4.74 Å². The van der Waals surface area contributed by atoms with E-state index in [-0.39, 0.29) is 5.54 Å². The first kappa shape index (κ1) is 14.6. The van der Waals surface area contributed by atoms with Crippen molar-refractivity contribution in [3.05, 3.63) is 16.7 Å². The lowest BCUT2D eigenvalue weighted by atomic mass is 10.0. The molecule has 0 unspecified atom stereocenters. The highest BCUT2D eigenvalue weighted by Crippen LogP contribution is 2.30. The van der Waals surface area contributed by atoms with Gasteiger partial charge in [0, 0.05) is 42.4 Å². The highest BCUT2D eigenvalue weighted by Gasteiger charge is 2.27. The van der Waals surface area contributed by atoms with Gasteiger partial charge < -0.3 is 9.64 Å². The molecule has 0 atom stereocenters. The van der Waals surface area contributed by atoms with E-state index in [0.717, 1.165) is 36.3 Å². The zero-order valence-electron chi connectivity index (χ0n) is 12.1. The van der Waals surface area contributed by atoms with Gasteiger partial charge in [-0.1, -0.05) is 0 Å². The van der Waals surface area contributed by atoms with E-state index in [2.05, 4.69) is 57.6 Å².